The molecule has 0 bridgehead atoms. The Morgan fingerprint density at radius 1 is 1.29 bits per heavy atom. The average molecular weight is 234 g/mol. The number of hydrogen-bond acceptors (Lipinski definition) is 4. The number of rotatable bonds is 5. The number of nitrogens with zero attached hydrogens (tertiary/aromatic N) is 5. The van der Waals surface area contributed by atoms with Crippen molar-refractivity contribution in [1.29, 1.82) is 0 Å². The molecule has 2 heterocycles. The van der Waals surface area contributed by atoms with E-state index in [2.05, 4.69) is 34.3 Å². The van der Waals surface area contributed by atoms with E-state index in [-0.39, 0.29) is 0 Å². The molecule has 0 saturated heterocycles. The fourth-order valence-electron chi connectivity index (χ4n) is 1.71. The molecule has 0 amide bonds. The van der Waals surface area contributed by atoms with Crippen LogP contribution in [0.5, 0.6) is 0 Å². The molecule has 92 valence electrons. The number of aromatic nitrogens is 5. The third kappa shape index (κ3) is 2.71. The van der Waals surface area contributed by atoms with Crippen molar-refractivity contribution in [2.24, 2.45) is 7.05 Å². The van der Waals surface area contributed by atoms with E-state index in [0.29, 0.717) is 12.6 Å². The van der Waals surface area contributed by atoms with Gasteiger partial charge in [-0.15, -0.1) is 0 Å². The Balaban J connectivity index is 1.90. The molecule has 6 heteroatoms. The molecule has 1 N–H and O–H groups in total. The highest BCUT2D eigenvalue weighted by atomic mass is 15.4. The highest BCUT2D eigenvalue weighted by Crippen LogP contribution is 2.05. The second kappa shape index (κ2) is 5.09. The van der Waals surface area contributed by atoms with Crippen LogP contribution >= 0.6 is 0 Å². The van der Waals surface area contributed by atoms with Crippen molar-refractivity contribution in [2.75, 3.05) is 0 Å². The third-order valence-corrected chi connectivity index (χ3v) is 2.65. The Hall–Kier alpha value is -1.69. The molecule has 0 aliphatic rings. The smallest absolute Gasteiger partial charge is 0.141 e. The maximum absolute atomic E-state index is 4.25. The van der Waals surface area contributed by atoms with Crippen molar-refractivity contribution in [3.63, 3.8) is 0 Å². The Kier molecular flexibility index (Phi) is 3.53. The van der Waals surface area contributed by atoms with Crippen LogP contribution in [0, 0.1) is 0 Å². The van der Waals surface area contributed by atoms with Crippen LogP contribution in [0.4, 0.5) is 0 Å². The summed E-state index contributed by atoms with van der Waals surface area (Å²) < 4.78 is 3.79. The summed E-state index contributed by atoms with van der Waals surface area (Å²) in [7, 11) is 1.94. The quantitative estimate of drug-likeness (QED) is 0.834. The van der Waals surface area contributed by atoms with Gasteiger partial charge in [0.05, 0.1) is 12.2 Å². The molecule has 0 unspecified atom stereocenters. The van der Waals surface area contributed by atoms with E-state index in [1.165, 1.54) is 0 Å². The number of nitrogens with one attached hydrogen (secondary N) is 1. The lowest BCUT2D eigenvalue weighted by atomic mass is 10.4. The molecular formula is C11H18N6. The van der Waals surface area contributed by atoms with E-state index in [1.807, 2.05) is 22.5 Å². The molecule has 0 radical (unpaired) electrons. The van der Waals surface area contributed by atoms with Gasteiger partial charge in [-0.05, 0) is 19.9 Å². The second-order valence-corrected chi connectivity index (χ2v) is 4.26. The highest BCUT2D eigenvalue weighted by molar-refractivity contribution is 4.99. The van der Waals surface area contributed by atoms with Gasteiger partial charge in [0.15, 0.2) is 0 Å². The highest BCUT2D eigenvalue weighted by Gasteiger charge is 2.07. The van der Waals surface area contributed by atoms with Gasteiger partial charge in [0.1, 0.15) is 12.2 Å². The fourth-order valence-corrected chi connectivity index (χ4v) is 1.71. The van der Waals surface area contributed by atoms with Crippen molar-refractivity contribution in [2.45, 2.75) is 33.0 Å². The third-order valence-electron chi connectivity index (χ3n) is 2.65. The number of hydrogen-bond donors (Lipinski definition) is 1. The minimum Gasteiger partial charge on any atom is -0.304 e. The van der Waals surface area contributed by atoms with Gasteiger partial charge < -0.3 is 5.32 Å². The standard InChI is InChI=1S/C11H18N6/c1-9(2)17-11(13-8-15-17)7-12-6-10-4-5-14-16(10)3/h4-5,8-9,12H,6-7H2,1-3H3. The molecule has 0 spiro atoms. The summed E-state index contributed by atoms with van der Waals surface area (Å²) >= 11 is 0. The molecule has 0 aliphatic carbocycles. The molecule has 0 fully saturated rings. The maximum atomic E-state index is 4.25. The monoisotopic (exact) mass is 234 g/mol. The summed E-state index contributed by atoms with van der Waals surface area (Å²) in [4.78, 5) is 4.25. The van der Waals surface area contributed by atoms with Crippen molar-refractivity contribution in [1.82, 2.24) is 29.9 Å². The molecule has 0 aliphatic heterocycles. The zero-order valence-electron chi connectivity index (χ0n) is 10.5. The molecule has 2 aromatic rings. The molecule has 0 atom stereocenters. The normalized spacial score (nSPS) is 11.3. The van der Waals surface area contributed by atoms with Crippen LogP contribution in [0.1, 0.15) is 31.4 Å². The van der Waals surface area contributed by atoms with Crippen LogP contribution in [0.3, 0.4) is 0 Å². The summed E-state index contributed by atoms with van der Waals surface area (Å²) in [6, 6.07) is 2.34. The average Bonchev–Trinajstić information content (AvgIpc) is 2.88. The molecule has 17 heavy (non-hydrogen) atoms. The van der Waals surface area contributed by atoms with Crippen LogP contribution in [-0.4, -0.2) is 24.5 Å². The van der Waals surface area contributed by atoms with E-state index in [0.717, 1.165) is 18.1 Å². The van der Waals surface area contributed by atoms with E-state index >= 15 is 0 Å². The van der Waals surface area contributed by atoms with Crippen LogP contribution in [0.15, 0.2) is 18.6 Å². The SMILES string of the molecule is CC(C)n1ncnc1CNCc1ccnn1C. The van der Waals surface area contributed by atoms with Gasteiger partial charge in [-0.3, -0.25) is 4.68 Å². The first-order valence-electron chi connectivity index (χ1n) is 5.74. The Morgan fingerprint density at radius 3 is 2.76 bits per heavy atom. The first-order valence-corrected chi connectivity index (χ1v) is 5.74. The minimum atomic E-state index is 0.339. The maximum Gasteiger partial charge on any atom is 0.141 e. The van der Waals surface area contributed by atoms with Crippen molar-refractivity contribution in [3.05, 3.63) is 30.1 Å². The lowest BCUT2D eigenvalue weighted by Gasteiger charge is -2.10. The minimum absolute atomic E-state index is 0.339. The summed E-state index contributed by atoms with van der Waals surface area (Å²) in [5.41, 5.74) is 1.15. The number of aryl methyl sites for hydroxylation is 1. The fraction of sp³-hybridized carbons (Fsp3) is 0.545. The largest absolute Gasteiger partial charge is 0.304 e. The van der Waals surface area contributed by atoms with E-state index in [1.54, 1.807) is 12.5 Å². The van der Waals surface area contributed by atoms with Gasteiger partial charge in [-0.25, -0.2) is 9.67 Å². The second-order valence-electron chi connectivity index (χ2n) is 4.26. The lowest BCUT2D eigenvalue weighted by molar-refractivity contribution is 0.487. The van der Waals surface area contributed by atoms with Gasteiger partial charge in [-0.2, -0.15) is 10.2 Å². The summed E-state index contributed by atoms with van der Waals surface area (Å²) in [5, 5.41) is 11.7. The summed E-state index contributed by atoms with van der Waals surface area (Å²) in [6.07, 6.45) is 3.40. The predicted molar refractivity (Wildman–Crippen MR) is 64.2 cm³/mol. The zero-order valence-corrected chi connectivity index (χ0v) is 10.5. The molecule has 0 aromatic carbocycles. The molecule has 6 nitrogen and oxygen atoms in total. The van der Waals surface area contributed by atoms with E-state index in [9.17, 15) is 0 Å². The van der Waals surface area contributed by atoms with Crippen LogP contribution in [0.2, 0.25) is 0 Å². The van der Waals surface area contributed by atoms with Gasteiger partial charge in [-0.1, -0.05) is 0 Å². The Morgan fingerprint density at radius 2 is 2.12 bits per heavy atom. The molecule has 0 saturated carbocycles. The Labute approximate surface area is 101 Å². The first kappa shape index (κ1) is 11.8. The van der Waals surface area contributed by atoms with Crippen molar-refractivity contribution in [3.8, 4) is 0 Å². The molecule has 2 aromatic heterocycles. The van der Waals surface area contributed by atoms with E-state index < -0.39 is 0 Å². The summed E-state index contributed by atoms with van der Waals surface area (Å²) in [5.74, 6) is 0.960. The van der Waals surface area contributed by atoms with Crippen LogP contribution in [0.25, 0.3) is 0 Å². The van der Waals surface area contributed by atoms with Crippen LogP contribution < -0.4 is 5.32 Å². The van der Waals surface area contributed by atoms with Gasteiger partial charge in [0.25, 0.3) is 0 Å². The molecule has 2 rings (SSSR count). The van der Waals surface area contributed by atoms with Crippen molar-refractivity contribution >= 4 is 0 Å². The molecular weight excluding hydrogens is 216 g/mol. The Bertz CT molecular complexity index is 470. The first-order chi connectivity index (χ1) is 8.18. The lowest BCUT2D eigenvalue weighted by Crippen LogP contribution is -2.19. The topological polar surface area (TPSA) is 60.6 Å². The van der Waals surface area contributed by atoms with Crippen molar-refractivity contribution < 1.29 is 0 Å². The predicted octanol–water partition coefficient (Wildman–Crippen LogP) is 0.882. The van der Waals surface area contributed by atoms with Gasteiger partial charge in [0, 0.05) is 25.8 Å². The van der Waals surface area contributed by atoms with E-state index in [4.69, 9.17) is 0 Å². The van der Waals surface area contributed by atoms with Gasteiger partial charge in [0.2, 0.25) is 0 Å². The van der Waals surface area contributed by atoms with Gasteiger partial charge >= 0.3 is 0 Å². The van der Waals surface area contributed by atoms with Crippen LogP contribution in [-0.2, 0) is 20.1 Å². The summed E-state index contributed by atoms with van der Waals surface area (Å²) in [6.45, 7) is 5.68. The zero-order chi connectivity index (χ0) is 12.3.